The molecule has 0 aromatic heterocycles. The van der Waals surface area contributed by atoms with Crippen LogP contribution in [0.15, 0.2) is 41.3 Å². The Hall–Kier alpha value is -2.19. The van der Waals surface area contributed by atoms with Gasteiger partial charge in [0.1, 0.15) is 16.5 Å². The van der Waals surface area contributed by atoms with Gasteiger partial charge in [0.2, 0.25) is 10.0 Å². The standard InChI is InChI=1S/C16H17F2NO4S/c1-22-14-5-3-4-11(16(14)23-2)8-9-19-24(20,21)15-7-6-12(17)10-13(15)18/h3-7,10,19H,8-9H2,1-2H3. The minimum Gasteiger partial charge on any atom is -0.493 e. The third-order valence-electron chi connectivity index (χ3n) is 3.35. The number of halogens is 2. The summed E-state index contributed by atoms with van der Waals surface area (Å²) in [4.78, 5) is -0.596. The van der Waals surface area contributed by atoms with Gasteiger partial charge in [0.05, 0.1) is 14.2 Å². The van der Waals surface area contributed by atoms with Crippen molar-refractivity contribution in [1.29, 1.82) is 0 Å². The second-order valence-electron chi connectivity index (χ2n) is 4.88. The van der Waals surface area contributed by atoms with Crippen LogP contribution in [0.25, 0.3) is 0 Å². The van der Waals surface area contributed by atoms with Crippen molar-refractivity contribution >= 4 is 10.0 Å². The molecule has 0 atom stereocenters. The van der Waals surface area contributed by atoms with Crippen LogP contribution in [0.2, 0.25) is 0 Å². The minimum atomic E-state index is -4.08. The molecule has 0 radical (unpaired) electrons. The van der Waals surface area contributed by atoms with Crippen molar-refractivity contribution in [2.75, 3.05) is 20.8 Å². The van der Waals surface area contributed by atoms with Gasteiger partial charge in [-0.1, -0.05) is 12.1 Å². The molecule has 5 nitrogen and oxygen atoms in total. The van der Waals surface area contributed by atoms with Gasteiger partial charge in [0, 0.05) is 12.6 Å². The van der Waals surface area contributed by atoms with E-state index in [2.05, 4.69) is 4.72 Å². The first-order valence-corrected chi connectivity index (χ1v) is 8.52. The number of para-hydroxylation sites is 1. The summed E-state index contributed by atoms with van der Waals surface area (Å²) in [5, 5.41) is 0. The highest BCUT2D eigenvalue weighted by Crippen LogP contribution is 2.30. The van der Waals surface area contributed by atoms with Crippen molar-refractivity contribution in [1.82, 2.24) is 4.72 Å². The van der Waals surface area contributed by atoms with Crippen molar-refractivity contribution in [3.05, 3.63) is 53.6 Å². The molecule has 0 saturated heterocycles. The molecule has 0 heterocycles. The zero-order valence-corrected chi connectivity index (χ0v) is 14.0. The van der Waals surface area contributed by atoms with Crippen molar-refractivity contribution in [2.24, 2.45) is 0 Å². The Bertz CT molecular complexity index is 825. The van der Waals surface area contributed by atoms with Gasteiger partial charge in [0.15, 0.2) is 11.5 Å². The number of rotatable bonds is 7. The first-order chi connectivity index (χ1) is 11.4. The number of hydrogen-bond acceptors (Lipinski definition) is 4. The van der Waals surface area contributed by atoms with Gasteiger partial charge in [-0.2, -0.15) is 0 Å². The topological polar surface area (TPSA) is 64.6 Å². The summed E-state index contributed by atoms with van der Waals surface area (Å²) < 4.78 is 63.4. The summed E-state index contributed by atoms with van der Waals surface area (Å²) in [5.74, 6) is -0.941. The molecule has 2 rings (SSSR count). The Morgan fingerprint density at radius 1 is 1.08 bits per heavy atom. The molecular formula is C16H17F2NO4S. The fourth-order valence-corrected chi connectivity index (χ4v) is 3.33. The maximum absolute atomic E-state index is 13.6. The van der Waals surface area contributed by atoms with Crippen molar-refractivity contribution in [2.45, 2.75) is 11.3 Å². The van der Waals surface area contributed by atoms with Gasteiger partial charge in [-0.25, -0.2) is 21.9 Å². The quantitative estimate of drug-likeness (QED) is 0.827. The second kappa shape index (κ2) is 7.59. The molecule has 0 fully saturated rings. The predicted molar refractivity (Wildman–Crippen MR) is 84.8 cm³/mol. The summed E-state index contributed by atoms with van der Waals surface area (Å²) in [6.45, 7) is 0.0165. The Kier molecular flexibility index (Phi) is 5.74. The van der Waals surface area contributed by atoms with Gasteiger partial charge < -0.3 is 9.47 Å². The average Bonchev–Trinajstić information content (AvgIpc) is 2.53. The number of ether oxygens (including phenoxy) is 2. The monoisotopic (exact) mass is 357 g/mol. The minimum absolute atomic E-state index is 0.0165. The van der Waals surface area contributed by atoms with Crippen LogP contribution in [0.4, 0.5) is 8.78 Å². The molecule has 2 aromatic rings. The van der Waals surface area contributed by atoms with Gasteiger partial charge >= 0.3 is 0 Å². The van der Waals surface area contributed by atoms with Crippen LogP contribution in [0.1, 0.15) is 5.56 Å². The van der Waals surface area contributed by atoms with E-state index in [0.29, 0.717) is 24.0 Å². The summed E-state index contributed by atoms with van der Waals surface area (Å²) in [5.41, 5.74) is 0.735. The largest absolute Gasteiger partial charge is 0.493 e. The third-order valence-corrected chi connectivity index (χ3v) is 4.85. The molecule has 2 aromatic carbocycles. The number of hydrogen-bond donors (Lipinski definition) is 1. The van der Waals surface area contributed by atoms with Crippen LogP contribution in [-0.4, -0.2) is 29.2 Å². The zero-order chi connectivity index (χ0) is 17.7. The van der Waals surface area contributed by atoms with Gasteiger partial charge in [0.25, 0.3) is 0 Å². The lowest BCUT2D eigenvalue weighted by Crippen LogP contribution is -2.27. The molecule has 1 N–H and O–H groups in total. The van der Waals surface area contributed by atoms with E-state index in [9.17, 15) is 17.2 Å². The second-order valence-corrected chi connectivity index (χ2v) is 6.61. The Labute approximate surface area is 139 Å². The average molecular weight is 357 g/mol. The smallest absolute Gasteiger partial charge is 0.243 e. The molecule has 0 aliphatic rings. The summed E-state index contributed by atoms with van der Waals surface area (Å²) >= 11 is 0. The lowest BCUT2D eigenvalue weighted by atomic mass is 10.1. The lowest BCUT2D eigenvalue weighted by molar-refractivity contribution is 0.351. The predicted octanol–water partition coefficient (Wildman–Crippen LogP) is 2.50. The van der Waals surface area contributed by atoms with Gasteiger partial charge in [-0.05, 0) is 30.2 Å². The van der Waals surface area contributed by atoms with E-state index < -0.39 is 26.6 Å². The van der Waals surface area contributed by atoms with E-state index in [-0.39, 0.29) is 6.54 Å². The fraction of sp³-hybridized carbons (Fsp3) is 0.250. The van der Waals surface area contributed by atoms with E-state index in [1.807, 2.05) is 0 Å². The molecule has 0 saturated carbocycles. The number of nitrogens with one attached hydrogen (secondary N) is 1. The van der Waals surface area contributed by atoms with E-state index in [4.69, 9.17) is 9.47 Å². The molecule has 130 valence electrons. The van der Waals surface area contributed by atoms with Gasteiger partial charge in [-0.15, -0.1) is 0 Å². The van der Waals surface area contributed by atoms with E-state index in [0.717, 1.165) is 17.7 Å². The third kappa shape index (κ3) is 4.01. The molecule has 0 aliphatic heterocycles. The SMILES string of the molecule is COc1cccc(CCNS(=O)(=O)c2ccc(F)cc2F)c1OC. The van der Waals surface area contributed by atoms with Crippen LogP contribution in [0.5, 0.6) is 11.5 Å². The molecule has 0 spiro atoms. The number of methoxy groups -OCH3 is 2. The van der Waals surface area contributed by atoms with E-state index in [1.165, 1.54) is 14.2 Å². The first kappa shape index (κ1) is 18.2. The molecule has 0 bridgehead atoms. The Balaban J connectivity index is 2.11. The zero-order valence-electron chi connectivity index (χ0n) is 13.2. The number of benzene rings is 2. The van der Waals surface area contributed by atoms with Crippen molar-refractivity contribution < 1.29 is 26.7 Å². The Morgan fingerprint density at radius 2 is 1.83 bits per heavy atom. The normalized spacial score (nSPS) is 11.3. The fourth-order valence-electron chi connectivity index (χ4n) is 2.24. The van der Waals surface area contributed by atoms with E-state index >= 15 is 0 Å². The van der Waals surface area contributed by atoms with E-state index in [1.54, 1.807) is 18.2 Å². The van der Waals surface area contributed by atoms with Crippen LogP contribution >= 0.6 is 0 Å². The van der Waals surface area contributed by atoms with Crippen molar-refractivity contribution in [3.8, 4) is 11.5 Å². The maximum Gasteiger partial charge on any atom is 0.243 e. The van der Waals surface area contributed by atoms with Crippen molar-refractivity contribution in [3.63, 3.8) is 0 Å². The summed E-state index contributed by atoms with van der Waals surface area (Å²) in [7, 11) is -1.09. The number of sulfonamides is 1. The summed E-state index contributed by atoms with van der Waals surface area (Å²) in [6, 6.07) is 7.56. The molecule has 0 aliphatic carbocycles. The van der Waals surface area contributed by atoms with Crippen LogP contribution in [0.3, 0.4) is 0 Å². The van der Waals surface area contributed by atoms with Crippen LogP contribution in [-0.2, 0) is 16.4 Å². The highest BCUT2D eigenvalue weighted by atomic mass is 32.2. The molecule has 0 amide bonds. The maximum atomic E-state index is 13.6. The molecular weight excluding hydrogens is 340 g/mol. The summed E-state index contributed by atoms with van der Waals surface area (Å²) in [6.07, 6.45) is 0.308. The van der Waals surface area contributed by atoms with Gasteiger partial charge in [-0.3, -0.25) is 0 Å². The molecule has 8 heteroatoms. The highest BCUT2D eigenvalue weighted by molar-refractivity contribution is 7.89. The molecule has 0 unspecified atom stereocenters. The highest BCUT2D eigenvalue weighted by Gasteiger charge is 2.19. The van der Waals surface area contributed by atoms with Crippen LogP contribution < -0.4 is 14.2 Å². The Morgan fingerprint density at radius 3 is 2.46 bits per heavy atom. The first-order valence-electron chi connectivity index (χ1n) is 7.03. The van der Waals surface area contributed by atoms with Crippen LogP contribution in [0, 0.1) is 11.6 Å². The lowest BCUT2D eigenvalue weighted by Gasteiger charge is -2.13. The molecule has 24 heavy (non-hydrogen) atoms.